The highest BCUT2D eigenvalue weighted by molar-refractivity contribution is 7.84. The van der Waals surface area contributed by atoms with Gasteiger partial charge in [-0.25, -0.2) is 14.8 Å². The molecule has 0 radical (unpaired) electrons. The summed E-state index contributed by atoms with van der Waals surface area (Å²) in [4.78, 5) is 22.4. The fourth-order valence-electron chi connectivity index (χ4n) is 2.69. The minimum atomic E-state index is -1.20. The average molecular weight is 353 g/mol. The molecule has 0 spiro atoms. The van der Waals surface area contributed by atoms with E-state index >= 15 is 0 Å². The third-order valence-corrected chi connectivity index (χ3v) is 5.18. The molecule has 134 valence electrons. The average Bonchev–Trinajstić information content (AvgIpc) is 2.45. The smallest absolute Gasteiger partial charge is 0.410 e. The standard InChI is InChI=1S/C17H27N3O3S/c1-12-10-13(2)19-15(18-12)24(22)11-14-6-8-20(9-7-14)16(21)23-17(3,4)5/h10,14H,6-9,11H2,1-5H3. The highest BCUT2D eigenvalue weighted by atomic mass is 32.2. The van der Waals surface area contributed by atoms with Crippen molar-refractivity contribution in [3.63, 3.8) is 0 Å². The van der Waals surface area contributed by atoms with Gasteiger partial charge >= 0.3 is 6.09 Å². The van der Waals surface area contributed by atoms with Crippen LogP contribution in [0.15, 0.2) is 11.2 Å². The summed E-state index contributed by atoms with van der Waals surface area (Å²) >= 11 is 0. The Balaban J connectivity index is 1.86. The van der Waals surface area contributed by atoms with Gasteiger partial charge in [-0.1, -0.05) is 0 Å². The van der Waals surface area contributed by atoms with Crippen LogP contribution < -0.4 is 0 Å². The van der Waals surface area contributed by atoms with E-state index in [2.05, 4.69) is 9.97 Å². The van der Waals surface area contributed by atoms with Crippen molar-refractivity contribution in [1.29, 1.82) is 0 Å². The Morgan fingerprint density at radius 3 is 2.29 bits per heavy atom. The number of rotatable bonds is 3. The number of carbonyl (C=O) groups is 1. The minimum Gasteiger partial charge on any atom is -0.444 e. The number of piperidine rings is 1. The zero-order valence-electron chi connectivity index (χ0n) is 15.2. The molecule has 24 heavy (non-hydrogen) atoms. The molecule has 1 saturated heterocycles. The lowest BCUT2D eigenvalue weighted by Gasteiger charge is -2.33. The second-order valence-corrected chi connectivity index (χ2v) is 8.75. The molecule has 1 aromatic rings. The van der Waals surface area contributed by atoms with Gasteiger partial charge in [-0.3, -0.25) is 4.21 Å². The number of aromatic nitrogens is 2. The first kappa shape index (κ1) is 18.8. The molecule has 1 aliphatic heterocycles. The molecule has 2 heterocycles. The van der Waals surface area contributed by atoms with E-state index in [9.17, 15) is 9.00 Å². The van der Waals surface area contributed by atoms with Gasteiger partial charge in [0.25, 0.3) is 0 Å². The van der Waals surface area contributed by atoms with E-state index < -0.39 is 16.4 Å². The molecule has 0 N–H and O–H groups in total. The maximum Gasteiger partial charge on any atom is 0.410 e. The lowest BCUT2D eigenvalue weighted by Crippen LogP contribution is -2.42. The summed E-state index contributed by atoms with van der Waals surface area (Å²) in [5.41, 5.74) is 1.20. The maximum absolute atomic E-state index is 12.5. The number of aryl methyl sites for hydroxylation is 2. The van der Waals surface area contributed by atoms with Gasteiger partial charge in [0.15, 0.2) is 0 Å². The largest absolute Gasteiger partial charge is 0.444 e. The Bertz CT molecular complexity index is 600. The van der Waals surface area contributed by atoms with Gasteiger partial charge in [0.2, 0.25) is 5.16 Å². The van der Waals surface area contributed by atoms with Crippen LogP contribution in [0.3, 0.4) is 0 Å². The van der Waals surface area contributed by atoms with Crippen LogP contribution in [-0.4, -0.2) is 49.6 Å². The second-order valence-electron chi connectivity index (χ2n) is 7.36. The normalized spacial score (nSPS) is 17.6. The predicted molar refractivity (Wildman–Crippen MR) is 93.3 cm³/mol. The summed E-state index contributed by atoms with van der Waals surface area (Å²) in [5, 5.41) is 0.419. The number of amides is 1. The molecule has 6 nitrogen and oxygen atoms in total. The van der Waals surface area contributed by atoms with Gasteiger partial charge in [-0.05, 0) is 59.4 Å². The summed E-state index contributed by atoms with van der Waals surface area (Å²) in [6, 6.07) is 1.88. The molecule has 1 fully saturated rings. The van der Waals surface area contributed by atoms with Crippen LogP contribution in [-0.2, 0) is 15.5 Å². The van der Waals surface area contributed by atoms with Crippen LogP contribution >= 0.6 is 0 Å². The van der Waals surface area contributed by atoms with Crippen molar-refractivity contribution in [3.8, 4) is 0 Å². The first-order valence-corrected chi connectivity index (χ1v) is 9.64. The molecule has 0 aliphatic carbocycles. The van der Waals surface area contributed by atoms with E-state index in [-0.39, 0.29) is 6.09 Å². The Hall–Kier alpha value is -1.50. The molecule has 1 amide bonds. The molecule has 0 bridgehead atoms. The number of likely N-dealkylation sites (tertiary alicyclic amines) is 1. The van der Waals surface area contributed by atoms with Crippen molar-refractivity contribution in [3.05, 3.63) is 17.5 Å². The number of hydrogen-bond donors (Lipinski definition) is 0. The highest BCUT2D eigenvalue weighted by Gasteiger charge is 2.28. The number of carbonyl (C=O) groups excluding carboxylic acids is 1. The Morgan fingerprint density at radius 1 is 1.25 bits per heavy atom. The van der Waals surface area contributed by atoms with Crippen LogP contribution in [0.25, 0.3) is 0 Å². The Kier molecular flexibility index (Phi) is 5.96. The fourth-order valence-corrected chi connectivity index (χ4v) is 4.09. The van der Waals surface area contributed by atoms with Crippen LogP contribution in [0.1, 0.15) is 45.0 Å². The third-order valence-electron chi connectivity index (χ3n) is 3.82. The zero-order valence-corrected chi connectivity index (χ0v) is 16.0. The second kappa shape index (κ2) is 7.59. The molecule has 0 saturated carbocycles. The molecule has 0 aromatic carbocycles. The van der Waals surface area contributed by atoms with Crippen molar-refractivity contribution < 1.29 is 13.7 Å². The number of hydrogen-bond acceptors (Lipinski definition) is 5. The molecule has 1 aliphatic rings. The van der Waals surface area contributed by atoms with E-state index in [4.69, 9.17) is 4.74 Å². The molecule has 1 unspecified atom stereocenters. The summed E-state index contributed by atoms with van der Waals surface area (Å²) < 4.78 is 17.9. The lowest BCUT2D eigenvalue weighted by atomic mass is 9.99. The molecule has 1 aromatic heterocycles. The first-order chi connectivity index (χ1) is 11.1. The van der Waals surface area contributed by atoms with Crippen molar-refractivity contribution in [2.45, 2.75) is 58.2 Å². The van der Waals surface area contributed by atoms with E-state index in [0.29, 0.717) is 29.9 Å². The highest BCUT2D eigenvalue weighted by Crippen LogP contribution is 2.21. The van der Waals surface area contributed by atoms with Crippen molar-refractivity contribution in [1.82, 2.24) is 14.9 Å². The van der Waals surface area contributed by atoms with Crippen molar-refractivity contribution >= 4 is 16.9 Å². The van der Waals surface area contributed by atoms with Gasteiger partial charge in [-0.15, -0.1) is 0 Å². The fraction of sp³-hybridized carbons (Fsp3) is 0.706. The van der Waals surface area contributed by atoms with Crippen molar-refractivity contribution in [2.75, 3.05) is 18.8 Å². The maximum atomic E-state index is 12.5. The molecular weight excluding hydrogens is 326 g/mol. The van der Waals surface area contributed by atoms with E-state index in [1.54, 1.807) is 4.90 Å². The Morgan fingerprint density at radius 2 is 1.79 bits per heavy atom. The topological polar surface area (TPSA) is 72.4 Å². The lowest BCUT2D eigenvalue weighted by molar-refractivity contribution is 0.0191. The number of ether oxygens (including phenoxy) is 1. The molecule has 1 atom stereocenters. The van der Waals surface area contributed by atoms with Gasteiger partial charge < -0.3 is 9.64 Å². The zero-order chi connectivity index (χ0) is 17.9. The summed E-state index contributed by atoms with van der Waals surface area (Å²) in [6.07, 6.45) is 1.39. The summed E-state index contributed by atoms with van der Waals surface area (Å²) in [7, 11) is -1.20. The van der Waals surface area contributed by atoms with Gasteiger partial charge in [0, 0.05) is 30.2 Å². The van der Waals surface area contributed by atoms with Crippen LogP contribution in [0.2, 0.25) is 0 Å². The van der Waals surface area contributed by atoms with Gasteiger partial charge in [-0.2, -0.15) is 0 Å². The van der Waals surface area contributed by atoms with Gasteiger partial charge in [0.1, 0.15) is 5.60 Å². The third kappa shape index (κ3) is 5.54. The minimum absolute atomic E-state index is 0.264. The van der Waals surface area contributed by atoms with E-state index in [1.807, 2.05) is 40.7 Å². The quantitative estimate of drug-likeness (QED) is 0.781. The predicted octanol–water partition coefficient (Wildman–Crippen LogP) is 2.85. The van der Waals surface area contributed by atoms with Crippen molar-refractivity contribution in [2.24, 2.45) is 5.92 Å². The van der Waals surface area contributed by atoms with E-state index in [0.717, 1.165) is 24.2 Å². The molecular formula is C17H27N3O3S. The monoisotopic (exact) mass is 353 g/mol. The van der Waals surface area contributed by atoms with Crippen LogP contribution in [0.5, 0.6) is 0 Å². The summed E-state index contributed by atoms with van der Waals surface area (Å²) in [6.45, 7) is 10.7. The number of nitrogens with zero attached hydrogens (tertiary/aromatic N) is 3. The van der Waals surface area contributed by atoms with Gasteiger partial charge in [0.05, 0.1) is 10.8 Å². The Labute approximate surface area is 146 Å². The molecule has 7 heteroatoms. The summed E-state index contributed by atoms with van der Waals surface area (Å²) in [5.74, 6) is 0.861. The van der Waals surface area contributed by atoms with E-state index in [1.165, 1.54) is 0 Å². The first-order valence-electron chi connectivity index (χ1n) is 8.32. The SMILES string of the molecule is Cc1cc(C)nc(S(=O)CC2CCN(C(=O)OC(C)(C)C)CC2)n1. The molecule has 2 rings (SSSR count). The van der Waals surface area contributed by atoms with Crippen LogP contribution in [0, 0.1) is 19.8 Å². The van der Waals surface area contributed by atoms with Crippen LogP contribution in [0.4, 0.5) is 4.79 Å².